The monoisotopic (exact) mass is 361 g/mol. The fraction of sp³-hybridized carbons (Fsp3) is 0.188. The molecule has 10 nitrogen and oxygen atoms in total. The predicted octanol–water partition coefficient (Wildman–Crippen LogP) is 2.92. The smallest absolute Gasteiger partial charge is 0.296 e. The fourth-order valence-electron chi connectivity index (χ4n) is 2.02. The van der Waals surface area contributed by atoms with E-state index in [1.165, 1.54) is 42.5 Å². The molecule has 0 radical (unpaired) electrons. The highest BCUT2D eigenvalue weighted by atomic mass is 16.6. The van der Waals surface area contributed by atoms with Gasteiger partial charge in [-0.05, 0) is 31.2 Å². The van der Waals surface area contributed by atoms with Gasteiger partial charge < -0.3 is 14.8 Å². The molecular formula is C16H15N3O7. The first-order valence-electron chi connectivity index (χ1n) is 7.49. The molecule has 10 heteroatoms. The zero-order chi connectivity index (χ0) is 19.1. The molecule has 26 heavy (non-hydrogen) atoms. The molecule has 1 N–H and O–H groups in total. The summed E-state index contributed by atoms with van der Waals surface area (Å²) in [5.41, 5.74) is -0.401. The van der Waals surface area contributed by atoms with Gasteiger partial charge in [0.05, 0.1) is 22.5 Å². The van der Waals surface area contributed by atoms with Crippen LogP contribution >= 0.6 is 0 Å². The summed E-state index contributed by atoms with van der Waals surface area (Å²) in [7, 11) is 0. The Morgan fingerprint density at radius 2 is 1.65 bits per heavy atom. The number of rotatable bonds is 8. The number of nitro benzene ring substituents is 2. The van der Waals surface area contributed by atoms with Crippen LogP contribution in [0.15, 0.2) is 42.5 Å². The second-order valence-electron chi connectivity index (χ2n) is 4.96. The van der Waals surface area contributed by atoms with Crippen molar-refractivity contribution in [3.63, 3.8) is 0 Å². The third-order valence-corrected chi connectivity index (χ3v) is 3.17. The summed E-state index contributed by atoms with van der Waals surface area (Å²) in [5, 5.41) is 24.1. The molecule has 0 heterocycles. The Labute approximate surface area is 147 Å². The van der Waals surface area contributed by atoms with Gasteiger partial charge in [-0.25, -0.2) is 0 Å². The largest absolute Gasteiger partial charge is 0.494 e. The van der Waals surface area contributed by atoms with Crippen LogP contribution < -0.4 is 14.8 Å². The Kier molecular flexibility index (Phi) is 6.04. The fourth-order valence-corrected chi connectivity index (χ4v) is 2.02. The van der Waals surface area contributed by atoms with Crippen molar-refractivity contribution < 1.29 is 24.1 Å². The van der Waals surface area contributed by atoms with Gasteiger partial charge in [0, 0.05) is 12.1 Å². The standard InChI is InChI=1S/C16H15N3O7/c1-2-25-13-7-8-14(15(9-13)19(23)24)17-16(20)10-26-12-5-3-11(4-6-12)18(21)22/h3-9H,2,10H2,1H3,(H,17,20). The second kappa shape index (κ2) is 8.42. The van der Waals surface area contributed by atoms with Gasteiger partial charge in [0.1, 0.15) is 17.2 Å². The number of carbonyl (C=O) groups excluding carboxylic acids is 1. The number of hydrogen-bond donors (Lipinski definition) is 1. The number of nitro groups is 2. The first-order valence-corrected chi connectivity index (χ1v) is 7.49. The quantitative estimate of drug-likeness (QED) is 0.564. The Morgan fingerprint density at radius 1 is 1.00 bits per heavy atom. The lowest BCUT2D eigenvalue weighted by Crippen LogP contribution is -2.20. The van der Waals surface area contributed by atoms with Crippen LogP contribution in [0.3, 0.4) is 0 Å². The second-order valence-corrected chi connectivity index (χ2v) is 4.96. The van der Waals surface area contributed by atoms with Gasteiger partial charge in [0.2, 0.25) is 0 Å². The van der Waals surface area contributed by atoms with Crippen molar-refractivity contribution in [1.82, 2.24) is 0 Å². The zero-order valence-electron chi connectivity index (χ0n) is 13.7. The van der Waals surface area contributed by atoms with Crippen molar-refractivity contribution in [2.24, 2.45) is 0 Å². The SMILES string of the molecule is CCOc1ccc(NC(=O)COc2ccc([N+](=O)[O-])cc2)c([N+](=O)[O-])c1. The van der Waals surface area contributed by atoms with E-state index in [0.29, 0.717) is 12.4 Å². The molecule has 0 saturated heterocycles. The molecular weight excluding hydrogens is 346 g/mol. The molecule has 0 aliphatic carbocycles. The molecule has 2 aromatic carbocycles. The van der Waals surface area contributed by atoms with Crippen LogP contribution in [0.25, 0.3) is 0 Å². The average Bonchev–Trinajstić information content (AvgIpc) is 2.61. The molecule has 1 amide bonds. The van der Waals surface area contributed by atoms with Crippen LogP contribution in [0, 0.1) is 20.2 Å². The molecule has 0 saturated carbocycles. The Hall–Kier alpha value is -3.69. The molecule has 0 spiro atoms. The third kappa shape index (κ3) is 4.90. The molecule has 0 aliphatic heterocycles. The lowest BCUT2D eigenvalue weighted by atomic mass is 10.2. The van der Waals surface area contributed by atoms with Crippen LogP contribution in [-0.4, -0.2) is 29.0 Å². The van der Waals surface area contributed by atoms with Gasteiger partial charge in [0.15, 0.2) is 6.61 Å². The van der Waals surface area contributed by atoms with Crippen molar-refractivity contribution in [2.75, 3.05) is 18.5 Å². The lowest BCUT2D eigenvalue weighted by molar-refractivity contribution is -0.384. The van der Waals surface area contributed by atoms with Crippen molar-refractivity contribution >= 4 is 23.0 Å². The zero-order valence-corrected chi connectivity index (χ0v) is 13.7. The number of anilines is 1. The molecule has 0 bridgehead atoms. The summed E-state index contributed by atoms with van der Waals surface area (Å²) in [6.45, 7) is 1.69. The van der Waals surface area contributed by atoms with Crippen LogP contribution in [-0.2, 0) is 4.79 Å². The van der Waals surface area contributed by atoms with Gasteiger partial charge in [0.25, 0.3) is 17.3 Å². The van der Waals surface area contributed by atoms with Crippen LogP contribution in [0.1, 0.15) is 6.92 Å². The number of hydrogen-bond acceptors (Lipinski definition) is 7. The Bertz CT molecular complexity index is 821. The number of ether oxygens (including phenoxy) is 2. The summed E-state index contributed by atoms with van der Waals surface area (Å²) in [5.74, 6) is -0.0399. The van der Waals surface area contributed by atoms with E-state index in [9.17, 15) is 25.0 Å². The summed E-state index contributed by atoms with van der Waals surface area (Å²) in [6.07, 6.45) is 0. The topological polar surface area (TPSA) is 134 Å². The highest BCUT2D eigenvalue weighted by Gasteiger charge is 2.17. The number of nitrogens with zero attached hydrogens (tertiary/aromatic N) is 2. The van der Waals surface area contributed by atoms with E-state index in [1.807, 2.05) is 0 Å². The number of amides is 1. The van der Waals surface area contributed by atoms with Gasteiger partial charge in [-0.1, -0.05) is 0 Å². The summed E-state index contributed by atoms with van der Waals surface area (Å²) in [4.78, 5) is 32.5. The van der Waals surface area contributed by atoms with Crippen molar-refractivity contribution in [3.05, 3.63) is 62.7 Å². The normalized spacial score (nSPS) is 10.0. The number of non-ortho nitro benzene ring substituents is 1. The maximum absolute atomic E-state index is 11.9. The van der Waals surface area contributed by atoms with E-state index in [0.717, 1.165) is 0 Å². The average molecular weight is 361 g/mol. The Balaban J connectivity index is 2.00. The van der Waals surface area contributed by atoms with E-state index in [-0.39, 0.29) is 22.8 Å². The molecule has 2 rings (SSSR count). The van der Waals surface area contributed by atoms with Crippen molar-refractivity contribution in [1.29, 1.82) is 0 Å². The van der Waals surface area contributed by atoms with Gasteiger partial charge in [-0.15, -0.1) is 0 Å². The minimum atomic E-state index is -0.630. The molecule has 136 valence electrons. The maximum atomic E-state index is 11.9. The van der Waals surface area contributed by atoms with Crippen molar-refractivity contribution in [2.45, 2.75) is 6.92 Å². The molecule has 0 atom stereocenters. The van der Waals surface area contributed by atoms with E-state index in [1.54, 1.807) is 6.92 Å². The third-order valence-electron chi connectivity index (χ3n) is 3.17. The molecule has 0 aliphatic rings. The first-order chi connectivity index (χ1) is 12.4. The molecule has 0 unspecified atom stereocenters. The van der Waals surface area contributed by atoms with E-state index >= 15 is 0 Å². The molecule has 0 fully saturated rings. The Morgan fingerprint density at radius 3 is 2.23 bits per heavy atom. The van der Waals surface area contributed by atoms with Crippen LogP contribution in [0.2, 0.25) is 0 Å². The van der Waals surface area contributed by atoms with Gasteiger partial charge in [-0.3, -0.25) is 25.0 Å². The minimum Gasteiger partial charge on any atom is -0.494 e. The highest BCUT2D eigenvalue weighted by Crippen LogP contribution is 2.29. The summed E-state index contributed by atoms with van der Waals surface area (Å²) >= 11 is 0. The lowest BCUT2D eigenvalue weighted by Gasteiger charge is -2.09. The maximum Gasteiger partial charge on any atom is 0.296 e. The molecule has 0 aromatic heterocycles. The summed E-state index contributed by atoms with van der Waals surface area (Å²) < 4.78 is 10.4. The van der Waals surface area contributed by atoms with E-state index in [2.05, 4.69) is 5.32 Å². The van der Waals surface area contributed by atoms with Gasteiger partial charge in [-0.2, -0.15) is 0 Å². The predicted molar refractivity (Wildman–Crippen MR) is 91.5 cm³/mol. The van der Waals surface area contributed by atoms with E-state index < -0.39 is 22.4 Å². The van der Waals surface area contributed by atoms with Crippen LogP contribution in [0.4, 0.5) is 17.1 Å². The molecule has 2 aromatic rings. The number of nitrogens with one attached hydrogen (secondary N) is 1. The number of benzene rings is 2. The summed E-state index contributed by atoms with van der Waals surface area (Å²) in [6, 6.07) is 9.27. The minimum absolute atomic E-state index is 0.00996. The van der Waals surface area contributed by atoms with Crippen molar-refractivity contribution in [3.8, 4) is 11.5 Å². The number of carbonyl (C=O) groups is 1. The van der Waals surface area contributed by atoms with Crippen LogP contribution in [0.5, 0.6) is 11.5 Å². The van der Waals surface area contributed by atoms with E-state index in [4.69, 9.17) is 9.47 Å². The highest BCUT2D eigenvalue weighted by molar-refractivity contribution is 5.94. The van der Waals surface area contributed by atoms with Gasteiger partial charge >= 0.3 is 0 Å². The first kappa shape index (κ1) is 18.6.